The van der Waals surface area contributed by atoms with Crippen LogP contribution in [0.25, 0.3) is 0 Å². The molecule has 1 rings (SSSR count). The average Bonchev–Trinajstić information content (AvgIpc) is 2.03. The molecule has 0 spiro atoms. The van der Waals surface area contributed by atoms with Crippen molar-refractivity contribution in [3.8, 4) is 0 Å². The smallest absolute Gasteiger partial charge is 0.338 e. The molecule has 14 heavy (non-hydrogen) atoms. The summed E-state index contributed by atoms with van der Waals surface area (Å²) in [6.45, 7) is 0. The van der Waals surface area contributed by atoms with Crippen molar-refractivity contribution in [1.29, 1.82) is 0 Å². The van der Waals surface area contributed by atoms with Gasteiger partial charge in [-0.25, -0.2) is 4.79 Å². The fraction of sp³-hybridized carbons (Fsp3) is 0. The van der Waals surface area contributed by atoms with Crippen molar-refractivity contribution in [2.24, 2.45) is 0 Å². The van der Waals surface area contributed by atoms with Crippen LogP contribution in [0.3, 0.4) is 0 Å². The minimum atomic E-state index is -1.28. The van der Waals surface area contributed by atoms with E-state index in [1.165, 1.54) is 12.1 Å². The van der Waals surface area contributed by atoms with Gasteiger partial charge >= 0.3 is 5.97 Å². The molecule has 0 unspecified atom stereocenters. The highest BCUT2D eigenvalue weighted by atomic mass is 35.5. The first-order valence-corrected chi connectivity index (χ1v) is 3.30. The van der Waals surface area contributed by atoms with Crippen LogP contribution in [0, 0.1) is 10.1 Å². The van der Waals surface area contributed by atoms with Crippen molar-refractivity contribution < 1.29 is 14.8 Å². The van der Waals surface area contributed by atoms with Crippen LogP contribution in [0.15, 0.2) is 18.2 Å². The van der Waals surface area contributed by atoms with E-state index in [1.54, 1.807) is 0 Å². The summed E-state index contributed by atoms with van der Waals surface area (Å²) in [7, 11) is 0. The number of nitrogens with two attached hydrogens (primary N) is 1. The number of carboxylic acids is 1. The molecule has 3 N–H and O–H groups in total. The molecule has 0 aliphatic carbocycles. The van der Waals surface area contributed by atoms with Gasteiger partial charge in [-0.3, -0.25) is 10.1 Å². The number of para-hydroxylation sites is 1. The Morgan fingerprint density at radius 3 is 2.50 bits per heavy atom. The van der Waals surface area contributed by atoms with E-state index in [9.17, 15) is 14.9 Å². The number of carbonyl (C=O) groups is 1. The second-order valence-electron chi connectivity index (χ2n) is 2.30. The lowest BCUT2D eigenvalue weighted by atomic mass is 10.1. The standard InChI is InChI=1S/C7H6N2O4.ClH/c8-6-4(7(10)11)2-1-3-5(6)9(12)13;/h1-3H,8H2,(H,10,11);1H. The first-order chi connectivity index (χ1) is 6.04. The maximum atomic E-state index is 10.5. The molecule has 0 aromatic heterocycles. The Kier molecular flexibility index (Phi) is 3.85. The summed E-state index contributed by atoms with van der Waals surface area (Å²) >= 11 is 0. The highest BCUT2D eigenvalue weighted by Crippen LogP contribution is 2.24. The van der Waals surface area contributed by atoms with Crippen LogP contribution in [0.4, 0.5) is 11.4 Å². The summed E-state index contributed by atoms with van der Waals surface area (Å²) in [6.07, 6.45) is 0. The monoisotopic (exact) mass is 218 g/mol. The molecule has 0 amide bonds. The molecule has 1 aromatic rings. The van der Waals surface area contributed by atoms with Gasteiger partial charge in [0, 0.05) is 6.07 Å². The Labute approximate surface area is 84.9 Å². The quantitative estimate of drug-likeness (QED) is 0.442. The average molecular weight is 219 g/mol. The fourth-order valence-corrected chi connectivity index (χ4v) is 0.899. The second kappa shape index (κ2) is 4.43. The maximum Gasteiger partial charge on any atom is 0.338 e. The van der Waals surface area contributed by atoms with E-state index in [-0.39, 0.29) is 29.3 Å². The molecule has 0 radical (unpaired) electrons. The topological polar surface area (TPSA) is 106 Å². The van der Waals surface area contributed by atoms with Gasteiger partial charge in [0.05, 0.1) is 10.5 Å². The van der Waals surface area contributed by atoms with Crippen LogP contribution >= 0.6 is 12.4 Å². The predicted octanol–water partition coefficient (Wildman–Crippen LogP) is 1.30. The SMILES string of the molecule is Cl.Nc1c(C(=O)O)cccc1[N+](=O)[O-]. The molecular weight excluding hydrogens is 212 g/mol. The van der Waals surface area contributed by atoms with Crippen LogP contribution in [-0.2, 0) is 0 Å². The zero-order valence-corrected chi connectivity index (χ0v) is 7.65. The van der Waals surface area contributed by atoms with E-state index in [2.05, 4.69) is 0 Å². The van der Waals surface area contributed by atoms with Crippen LogP contribution in [0.1, 0.15) is 10.4 Å². The van der Waals surface area contributed by atoms with Crippen LogP contribution in [-0.4, -0.2) is 16.0 Å². The van der Waals surface area contributed by atoms with E-state index in [0.29, 0.717) is 0 Å². The summed E-state index contributed by atoms with van der Waals surface area (Å²) in [5.41, 5.74) is 4.30. The van der Waals surface area contributed by atoms with Crippen LogP contribution < -0.4 is 5.73 Å². The number of carboxylic acid groups (broad SMARTS) is 1. The third kappa shape index (κ3) is 2.11. The van der Waals surface area contributed by atoms with Gasteiger partial charge in [-0.05, 0) is 6.07 Å². The Bertz CT molecular complexity index is 348. The van der Waals surface area contributed by atoms with Crippen LogP contribution in [0.2, 0.25) is 0 Å². The number of benzene rings is 1. The van der Waals surface area contributed by atoms with E-state index >= 15 is 0 Å². The summed E-state index contributed by atoms with van der Waals surface area (Å²) in [5, 5.41) is 18.9. The Morgan fingerprint density at radius 1 is 1.50 bits per heavy atom. The number of nitrogens with zero attached hydrogens (tertiary/aromatic N) is 1. The fourth-order valence-electron chi connectivity index (χ4n) is 0.899. The lowest BCUT2D eigenvalue weighted by Crippen LogP contribution is -2.04. The number of hydrogen-bond donors (Lipinski definition) is 2. The van der Waals surface area contributed by atoms with Gasteiger partial charge in [0.1, 0.15) is 5.69 Å². The van der Waals surface area contributed by atoms with E-state index in [4.69, 9.17) is 10.8 Å². The summed E-state index contributed by atoms with van der Waals surface area (Å²) in [5.74, 6) is -1.28. The molecule has 76 valence electrons. The third-order valence-corrected chi connectivity index (χ3v) is 1.51. The molecule has 0 saturated heterocycles. The van der Waals surface area contributed by atoms with Crippen molar-refractivity contribution in [3.63, 3.8) is 0 Å². The van der Waals surface area contributed by atoms with Gasteiger partial charge in [-0.2, -0.15) is 0 Å². The molecule has 0 atom stereocenters. The van der Waals surface area contributed by atoms with Crippen molar-refractivity contribution in [2.75, 3.05) is 5.73 Å². The molecule has 6 nitrogen and oxygen atoms in total. The molecule has 0 bridgehead atoms. The first-order valence-electron chi connectivity index (χ1n) is 3.30. The largest absolute Gasteiger partial charge is 0.478 e. The maximum absolute atomic E-state index is 10.5. The number of hydrogen-bond acceptors (Lipinski definition) is 4. The summed E-state index contributed by atoms with van der Waals surface area (Å²) in [4.78, 5) is 20.1. The number of nitro groups is 1. The molecule has 7 heteroatoms. The molecule has 0 heterocycles. The predicted molar refractivity (Wildman–Crippen MR) is 51.7 cm³/mol. The van der Waals surface area contributed by atoms with Crippen molar-refractivity contribution >= 4 is 29.8 Å². The van der Waals surface area contributed by atoms with E-state index in [0.717, 1.165) is 6.07 Å². The number of rotatable bonds is 2. The molecule has 1 aromatic carbocycles. The van der Waals surface area contributed by atoms with Gasteiger partial charge < -0.3 is 10.8 Å². The minimum absolute atomic E-state index is 0. The number of halogens is 1. The molecule has 0 fully saturated rings. The summed E-state index contributed by atoms with van der Waals surface area (Å²) < 4.78 is 0. The zero-order chi connectivity index (χ0) is 10.0. The normalized spacial score (nSPS) is 8.86. The molecule has 0 aliphatic heterocycles. The zero-order valence-electron chi connectivity index (χ0n) is 6.84. The number of anilines is 1. The molecular formula is C7H7ClN2O4. The van der Waals surface area contributed by atoms with Gasteiger partial charge in [-0.15, -0.1) is 12.4 Å². The van der Waals surface area contributed by atoms with Crippen molar-refractivity contribution in [1.82, 2.24) is 0 Å². The first kappa shape index (κ1) is 12.2. The Balaban J connectivity index is 0.00000169. The Hall–Kier alpha value is -1.82. The van der Waals surface area contributed by atoms with Gasteiger partial charge in [0.2, 0.25) is 0 Å². The third-order valence-electron chi connectivity index (χ3n) is 1.51. The second-order valence-corrected chi connectivity index (χ2v) is 2.30. The lowest BCUT2D eigenvalue weighted by Gasteiger charge is -1.99. The van der Waals surface area contributed by atoms with Gasteiger partial charge in [0.25, 0.3) is 5.69 Å². The minimum Gasteiger partial charge on any atom is -0.478 e. The highest BCUT2D eigenvalue weighted by Gasteiger charge is 2.17. The van der Waals surface area contributed by atoms with E-state index < -0.39 is 10.9 Å². The van der Waals surface area contributed by atoms with Gasteiger partial charge in [-0.1, -0.05) is 6.07 Å². The van der Waals surface area contributed by atoms with Gasteiger partial charge in [0.15, 0.2) is 0 Å². The van der Waals surface area contributed by atoms with Crippen molar-refractivity contribution in [2.45, 2.75) is 0 Å². The number of nitrogen functional groups attached to an aromatic ring is 1. The number of aromatic carboxylic acids is 1. The molecule has 0 saturated carbocycles. The Morgan fingerprint density at radius 2 is 2.07 bits per heavy atom. The van der Waals surface area contributed by atoms with E-state index in [1.807, 2.05) is 0 Å². The van der Waals surface area contributed by atoms with Crippen LogP contribution in [0.5, 0.6) is 0 Å². The highest BCUT2D eigenvalue weighted by molar-refractivity contribution is 5.95. The summed E-state index contributed by atoms with van der Waals surface area (Å²) in [6, 6.07) is 3.64. The molecule has 0 aliphatic rings. The number of nitro benzene ring substituents is 1. The van der Waals surface area contributed by atoms with Crippen molar-refractivity contribution in [3.05, 3.63) is 33.9 Å². The lowest BCUT2D eigenvalue weighted by molar-refractivity contribution is -0.383.